The lowest BCUT2D eigenvalue weighted by Gasteiger charge is -2.29. The third-order valence-corrected chi connectivity index (χ3v) is 3.07. The molecule has 21 heavy (non-hydrogen) atoms. The number of esters is 2. The van der Waals surface area contributed by atoms with Gasteiger partial charge in [-0.05, 0) is 17.5 Å². The molecule has 1 fully saturated rings. The summed E-state index contributed by atoms with van der Waals surface area (Å²) in [7, 11) is 0. The van der Waals surface area contributed by atoms with Crippen LogP contribution in [0.25, 0.3) is 0 Å². The monoisotopic (exact) mass is 289 g/mol. The second-order valence-electron chi connectivity index (χ2n) is 5.62. The first-order valence-corrected chi connectivity index (χ1v) is 6.82. The first-order chi connectivity index (χ1) is 9.80. The summed E-state index contributed by atoms with van der Waals surface area (Å²) in [5, 5.41) is 2.99. The van der Waals surface area contributed by atoms with Gasteiger partial charge < -0.3 is 14.8 Å². The lowest BCUT2D eigenvalue weighted by atomic mass is 10.0. The van der Waals surface area contributed by atoms with Crippen LogP contribution in [-0.4, -0.2) is 17.7 Å². The summed E-state index contributed by atoms with van der Waals surface area (Å²) in [6.45, 7) is 7.17. The molecule has 1 aliphatic heterocycles. The van der Waals surface area contributed by atoms with Crippen LogP contribution >= 0.6 is 0 Å². The van der Waals surface area contributed by atoms with Gasteiger partial charge in [-0.1, -0.05) is 32.0 Å². The van der Waals surface area contributed by atoms with Crippen molar-refractivity contribution in [3.63, 3.8) is 0 Å². The molecule has 0 radical (unpaired) electrons. The average Bonchev–Trinajstić information content (AvgIpc) is 2.36. The highest BCUT2D eigenvalue weighted by Gasteiger charge is 2.38. The van der Waals surface area contributed by atoms with Crippen LogP contribution in [0.5, 0.6) is 0 Å². The van der Waals surface area contributed by atoms with Gasteiger partial charge in [0, 0.05) is 25.7 Å². The molecule has 0 aliphatic carbocycles. The van der Waals surface area contributed by atoms with Gasteiger partial charge >= 0.3 is 11.9 Å². The molecular weight excluding hydrogens is 270 g/mol. The standard InChI is InChI=1S/C16H19NO4/c1-10(2)11-7-5-6-8-13(11)17-9-12-14(18)20-16(3,4)21-15(12)19/h5-10,17H,1-4H3. The number of cyclic esters (lactones) is 2. The number of para-hydroxylation sites is 1. The molecule has 0 saturated carbocycles. The maximum atomic E-state index is 11.8. The molecule has 1 aromatic carbocycles. The summed E-state index contributed by atoms with van der Waals surface area (Å²) in [6.07, 6.45) is 1.33. The number of ether oxygens (including phenoxy) is 2. The molecule has 0 bridgehead atoms. The maximum Gasteiger partial charge on any atom is 0.350 e. The summed E-state index contributed by atoms with van der Waals surface area (Å²) >= 11 is 0. The molecule has 1 aliphatic rings. The van der Waals surface area contributed by atoms with E-state index in [4.69, 9.17) is 9.47 Å². The van der Waals surface area contributed by atoms with Crippen molar-refractivity contribution in [3.8, 4) is 0 Å². The van der Waals surface area contributed by atoms with Gasteiger partial charge in [0.25, 0.3) is 5.79 Å². The number of anilines is 1. The Bertz CT molecular complexity index is 580. The molecule has 0 atom stereocenters. The number of carbonyl (C=O) groups is 2. The topological polar surface area (TPSA) is 64.6 Å². The zero-order chi connectivity index (χ0) is 15.6. The SMILES string of the molecule is CC(C)c1ccccc1NC=C1C(=O)OC(C)(C)OC1=O. The number of benzene rings is 1. The zero-order valence-corrected chi connectivity index (χ0v) is 12.6. The van der Waals surface area contributed by atoms with E-state index in [1.165, 1.54) is 20.0 Å². The van der Waals surface area contributed by atoms with Crippen molar-refractivity contribution in [2.45, 2.75) is 39.4 Å². The van der Waals surface area contributed by atoms with Crippen molar-refractivity contribution in [2.75, 3.05) is 5.32 Å². The van der Waals surface area contributed by atoms with Gasteiger partial charge in [-0.3, -0.25) is 0 Å². The van der Waals surface area contributed by atoms with Crippen LogP contribution in [0.1, 0.15) is 39.2 Å². The molecule has 1 saturated heterocycles. The van der Waals surface area contributed by atoms with E-state index in [0.29, 0.717) is 5.92 Å². The third-order valence-electron chi connectivity index (χ3n) is 3.07. The van der Waals surface area contributed by atoms with Gasteiger partial charge in [-0.2, -0.15) is 0 Å². The van der Waals surface area contributed by atoms with Crippen molar-refractivity contribution in [1.29, 1.82) is 0 Å². The third kappa shape index (κ3) is 3.42. The number of carbonyl (C=O) groups excluding carboxylic acids is 2. The van der Waals surface area contributed by atoms with Crippen molar-refractivity contribution < 1.29 is 19.1 Å². The molecule has 2 rings (SSSR count). The maximum absolute atomic E-state index is 11.8. The summed E-state index contributed by atoms with van der Waals surface area (Å²) in [4.78, 5) is 23.7. The summed E-state index contributed by atoms with van der Waals surface area (Å²) in [5.74, 6) is -2.28. The Balaban J connectivity index is 2.22. The Morgan fingerprint density at radius 2 is 1.67 bits per heavy atom. The largest absolute Gasteiger partial charge is 0.419 e. The predicted octanol–water partition coefficient (Wildman–Crippen LogP) is 2.94. The number of hydrogen-bond donors (Lipinski definition) is 1. The second kappa shape index (κ2) is 5.60. The molecule has 1 N–H and O–H groups in total. The van der Waals surface area contributed by atoms with Crippen molar-refractivity contribution in [2.24, 2.45) is 0 Å². The minimum absolute atomic E-state index is 0.145. The van der Waals surface area contributed by atoms with Gasteiger partial charge in [0.1, 0.15) is 0 Å². The summed E-state index contributed by atoms with van der Waals surface area (Å²) in [6, 6.07) is 7.70. The van der Waals surface area contributed by atoms with E-state index in [1.54, 1.807) is 0 Å². The van der Waals surface area contributed by atoms with Crippen molar-refractivity contribution in [1.82, 2.24) is 0 Å². The van der Waals surface area contributed by atoms with E-state index in [2.05, 4.69) is 19.2 Å². The zero-order valence-electron chi connectivity index (χ0n) is 12.6. The van der Waals surface area contributed by atoms with Crippen LogP contribution in [0.3, 0.4) is 0 Å². The van der Waals surface area contributed by atoms with E-state index in [9.17, 15) is 9.59 Å². The Morgan fingerprint density at radius 1 is 1.10 bits per heavy atom. The Hall–Kier alpha value is -2.30. The minimum atomic E-state index is -1.22. The van der Waals surface area contributed by atoms with E-state index in [0.717, 1.165) is 11.3 Å². The smallest absolute Gasteiger partial charge is 0.350 e. The second-order valence-corrected chi connectivity index (χ2v) is 5.62. The fourth-order valence-electron chi connectivity index (χ4n) is 2.06. The molecule has 1 heterocycles. The van der Waals surface area contributed by atoms with Crippen LogP contribution in [0.4, 0.5) is 5.69 Å². The highest BCUT2D eigenvalue weighted by molar-refractivity contribution is 6.15. The number of hydrogen-bond acceptors (Lipinski definition) is 5. The summed E-state index contributed by atoms with van der Waals surface area (Å²) < 4.78 is 10.1. The average molecular weight is 289 g/mol. The molecule has 0 amide bonds. The van der Waals surface area contributed by atoms with Gasteiger partial charge in [0.05, 0.1) is 0 Å². The van der Waals surface area contributed by atoms with E-state index in [-0.39, 0.29) is 5.57 Å². The lowest BCUT2D eigenvalue weighted by molar-refractivity contribution is -0.222. The minimum Gasteiger partial charge on any atom is -0.419 e. The van der Waals surface area contributed by atoms with E-state index >= 15 is 0 Å². The van der Waals surface area contributed by atoms with Crippen molar-refractivity contribution in [3.05, 3.63) is 41.6 Å². The van der Waals surface area contributed by atoms with Gasteiger partial charge in [0.2, 0.25) is 0 Å². The molecule has 0 aromatic heterocycles. The van der Waals surface area contributed by atoms with Gasteiger partial charge in [-0.15, -0.1) is 0 Å². The predicted molar refractivity (Wildman–Crippen MR) is 78.5 cm³/mol. The first kappa shape index (κ1) is 15.1. The van der Waals surface area contributed by atoms with E-state index in [1.807, 2.05) is 24.3 Å². The molecular formula is C16H19NO4. The molecule has 5 nitrogen and oxygen atoms in total. The number of nitrogens with one attached hydrogen (secondary N) is 1. The van der Waals surface area contributed by atoms with Gasteiger partial charge in [0.15, 0.2) is 5.57 Å². The summed E-state index contributed by atoms with van der Waals surface area (Å²) in [5.41, 5.74) is 1.78. The van der Waals surface area contributed by atoms with Crippen LogP contribution in [0, 0.1) is 0 Å². The van der Waals surface area contributed by atoms with E-state index < -0.39 is 17.7 Å². The Kier molecular flexibility index (Phi) is 4.02. The fourth-order valence-corrected chi connectivity index (χ4v) is 2.06. The number of rotatable bonds is 3. The van der Waals surface area contributed by atoms with Crippen LogP contribution in [0.2, 0.25) is 0 Å². The highest BCUT2D eigenvalue weighted by atomic mass is 16.7. The van der Waals surface area contributed by atoms with Crippen molar-refractivity contribution >= 4 is 17.6 Å². The highest BCUT2D eigenvalue weighted by Crippen LogP contribution is 2.25. The van der Waals surface area contributed by atoms with Crippen LogP contribution < -0.4 is 5.32 Å². The van der Waals surface area contributed by atoms with Crippen LogP contribution in [-0.2, 0) is 19.1 Å². The van der Waals surface area contributed by atoms with Gasteiger partial charge in [-0.25, -0.2) is 9.59 Å². The molecule has 0 unspecified atom stereocenters. The fraction of sp³-hybridized carbons (Fsp3) is 0.375. The quantitative estimate of drug-likeness (QED) is 0.526. The molecule has 0 spiro atoms. The molecule has 5 heteroatoms. The lowest BCUT2D eigenvalue weighted by Crippen LogP contribution is -2.42. The Morgan fingerprint density at radius 3 is 2.24 bits per heavy atom. The van der Waals surface area contributed by atoms with Crippen LogP contribution in [0.15, 0.2) is 36.0 Å². The normalized spacial score (nSPS) is 17.3. The molecule has 112 valence electrons. The molecule has 1 aromatic rings. The first-order valence-electron chi connectivity index (χ1n) is 6.82. The Labute approximate surface area is 123 Å².